The van der Waals surface area contributed by atoms with E-state index < -0.39 is 0 Å². The fraction of sp³-hybridized carbons (Fsp3) is 0.312. The van der Waals surface area contributed by atoms with Crippen LogP contribution >= 0.6 is 0 Å². The standard InChI is InChI=1S/C32H32N2O3/c1-2-36-30(35)19-24-7-3-4-8-28(24)37-29-20-32(14-5-6-15-32)27-12-11-23(18-26(27)29)22-10-9-21-13-16-34-31(33)25(21)17-22/h3-4,7-13,16-18,29H,2,5-6,14-15,19-20H2,1H3,(H2,33,34). The molecule has 188 valence electrons. The number of rotatable bonds is 6. The van der Waals surface area contributed by atoms with Gasteiger partial charge in [0.2, 0.25) is 0 Å². The van der Waals surface area contributed by atoms with Crippen molar-refractivity contribution in [3.05, 3.63) is 89.6 Å². The van der Waals surface area contributed by atoms with Crippen molar-refractivity contribution in [1.82, 2.24) is 4.98 Å². The highest BCUT2D eigenvalue weighted by atomic mass is 16.5. The summed E-state index contributed by atoms with van der Waals surface area (Å²) >= 11 is 0. The molecule has 1 fully saturated rings. The van der Waals surface area contributed by atoms with Crippen LogP contribution in [0.3, 0.4) is 0 Å². The number of carbonyl (C=O) groups is 1. The van der Waals surface area contributed by atoms with E-state index in [4.69, 9.17) is 15.2 Å². The highest BCUT2D eigenvalue weighted by Gasteiger charge is 2.46. The molecule has 37 heavy (non-hydrogen) atoms. The Kier molecular flexibility index (Phi) is 6.07. The van der Waals surface area contributed by atoms with Gasteiger partial charge in [-0.05, 0) is 83.5 Å². The fourth-order valence-corrected chi connectivity index (χ4v) is 6.35. The van der Waals surface area contributed by atoms with E-state index in [1.165, 1.54) is 36.8 Å². The van der Waals surface area contributed by atoms with Gasteiger partial charge in [-0.2, -0.15) is 0 Å². The van der Waals surface area contributed by atoms with Gasteiger partial charge in [0.15, 0.2) is 0 Å². The largest absolute Gasteiger partial charge is 0.485 e. The van der Waals surface area contributed by atoms with Crippen molar-refractivity contribution in [2.75, 3.05) is 12.3 Å². The van der Waals surface area contributed by atoms with E-state index in [-0.39, 0.29) is 23.9 Å². The average molecular weight is 493 g/mol. The van der Waals surface area contributed by atoms with Crippen LogP contribution in [0.4, 0.5) is 5.82 Å². The van der Waals surface area contributed by atoms with Crippen molar-refractivity contribution in [1.29, 1.82) is 0 Å². The molecular formula is C32H32N2O3. The van der Waals surface area contributed by atoms with Gasteiger partial charge in [0.25, 0.3) is 0 Å². The van der Waals surface area contributed by atoms with Crippen molar-refractivity contribution in [2.24, 2.45) is 0 Å². The molecule has 0 radical (unpaired) electrons. The van der Waals surface area contributed by atoms with Crippen molar-refractivity contribution >= 4 is 22.6 Å². The van der Waals surface area contributed by atoms with E-state index in [1.54, 1.807) is 6.20 Å². The zero-order chi connectivity index (χ0) is 25.4. The van der Waals surface area contributed by atoms with Crippen LogP contribution in [0.15, 0.2) is 72.9 Å². The maximum absolute atomic E-state index is 12.2. The molecule has 2 N–H and O–H groups in total. The van der Waals surface area contributed by atoms with Crippen LogP contribution in [0.1, 0.15) is 61.8 Å². The molecule has 1 heterocycles. The van der Waals surface area contributed by atoms with E-state index in [0.717, 1.165) is 39.6 Å². The summed E-state index contributed by atoms with van der Waals surface area (Å²) in [7, 11) is 0. The van der Waals surface area contributed by atoms with Gasteiger partial charge in [-0.3, -0.25) is 4.79 Å². The molecule has 0 bridgehead atoms. The van der Waals surface area contributed by atoms with Crippen molar-refractivity contribution in [3.8, 4) is 16.9 Å². The lowest BCUT2D eigenvalue weighted by Crippen LogP contribution is -2.19. The Labute approximate surface area is 217 Å². The molecule has 3 aromatic carbocycles. The number of esters is 1. The van der Waals surface area contributed by atoms with Crippen molar-refractivity contribution in [3.63, 3.8) is 0 Å². The highest BCUT2D eigenvalue weighted by molar-refractivity contribution is 5.94. The average Bonchev–Trinajstić information content (AvgIpc) is 3.50. The van der Waals surface area contributed by atoms with Crippen LogP contribution in [-0.2, 0) is 21.4 Å². The molecule has 1 saturated carbocycles. The van der Waals surface area contributed by atoms with E-state index in [0.29, 0.717) is 12.4 Å². The lowest BCUT2D eigenvalue weighted by molar-refractivity contribution is -0.142. The van der Waals surface area contributed by atoms with Gasteiger partial charge in [-0.1, -0.05) is 55.3 Å². The number of benzene rings is 3. The van der Waals surface area contributed by atoms with Crippen LogP contribution in [0, 0.1) is 0 Å². The minimum atomic E-state index is -0.231. The number of carbonyl (C=O) groups excluding carboxylic acids is 1. The third-order valence-corrected chi connectivity index (χ3v) is 8.12. The molecule has 0 amide bonds. The van der Waals surface area contributed by atoms with Crippen LogP contribution in [0.5, 0.6) is 5.75 Å². The Morgan fingerprint density at radius 1 is 1.03 bits per heavy atom. The summed E-state index contributed by atoms with van der Waals surface area (Å²) < 4.78 is 11.9. The van der Waals surface area contributed by atoms with E-state index in [9.17, 15) is 4.79 Å². The topological polar surface area (TPSA) is 74.4 Å². The third kappa shape index (κ3) is 4.33. The van der Waals surface area contributed by atoms with E-state index in [2.05, 4.69) is 41.4 Å². The summed E-state index contributed by atoms with van der Waals surface area (Å²) in [5.74, 6) is 1.08. The number of pyridine rings is 1. The molecule has 4 aromatic rings. The Hall–Kier alpha value is -3.86. The molecule has 1 atom stereocenters. The number of hydrogen-bond acceptors (Lipinski definition) is 5. The van der Waals surface area contributed by atoms with Gasteiger partial charge in [-0.25, -0.2) is 4.98 Å². The molecule has 6 rings (SSSR count). The number of para-hydroxylation sites is 1. The molecule has 5 nitrogen and oxygen atoms in total. The number of anilines is 1. The Balaban J connectivity index is 1.38. The molecule has 2 aliphatic rings. The summed E-state index contributed by atoms with van der Waals surface area (Å²) in [6.45, 7) is 2.20. The monoisotopic (exact) mass is 492 g/mol. The second kappa shape index (κ2) is 9.55. The Bertz CT molecular complexity index is 1470. The number of nitrogens with two attached hydrogens (primary N) is 1. The first-order chi connectivity index (χ1) is 18.1. The van der Waals surface area contributed by atoms with E-state index in [1.807, 2.05) is 37.3 Å². The highest BCUT2D eigenvalue weighted by Crippen LogP contribution is 2.55. The van der Waals surface area contributed by atoms with Crippen LogP contribution in [0.25, 0.3) is 21.9 Å². The van der Waals surface area contributed by atoms with Gasteiger partial charge in [0.1, 0.15) is 17.7 Å². The number of fused-ring (bicyclic) bond motifs is 3. The Morgan fingerprint density at radius 2 is 1.81 bits per heavy atom. The summed E-state index contributed by atoms with van der Waals surface area (Å²) in [5, 5.41) is 2.05. The van der Waals surface area contributed by atoms with Gasteiger partial charge in [0.05, 0.1) is 13.0 Å². The minimum absolute atomic E-state index is 0.0661. The first-order valence-electron chi connectivity index (χ1n) is 13.3. The molecule has 2 aliphatic carbocycles. The Morgan fingerprint density at radius 3 is 2.65 bits per heavy atom. The number of nitrogen functional groups attached to an aromatic ring is 1. The van der Waals surface area contributed by atoms with E-state index >= 15 is 0 Å². The minimum Gasteiger partial charge on any atom is -0.485 e. The molecule has 1 aromatic heterocycles. The van der Waals surface area contributed by atoms with Gasteiger partial charge < -0.3 is 15.2 Å². The molecule has 5 heteroatoms. The predicted octanol–water partition coefficient (Wildman–Crippen LogP) is 6.93. The summed E-state index contributed by atoms with van der Waals surface area (Å²) in [5.41, 5.74) is 12.2. The molecular weight excluding hydrogens is 460 g/mol. The molecule has 1 spiro atoms. The predicted molar refractivity (Wildman–Crippen MR) is 147 cm³/mol. The number of nitrogens with zero attached hydrogens (tertiary/aromatic N) is 1. The summed E-state index contributed by atoms with van der Waals surface area (Å²) in [6.07, 6.45) is 7.76. The number of ether oxygens (including phenoxy) is 2. The SMILES string of the molecule is CCOC(=O)Cc1ccccc1OC1CC2(CCCC2)c2ccc(-c3ccc4ccnc(N)c4c3)cc21. The van der Waals surface area contributed by atoms with Crippen LogP contribution < -0.4 is 10.5 Å². The second-order valence-corrected chi connectivity index (χ2v) is 10.3. The first kappa shape index (κ1) is 23.5. The molecule has 0 saturated heterocycles. The summed E-state index contributed by atoms with van der Waals surface area (Å²) in [6, 6.07) is 23.1. The lowest BCUT2D eigenvalue weighted by Gasteiger charge is -2.25. The smallest absolute Gasteiger partial charge is 0.310 e. The zero-order valence-corrected chi connectivity index (χ0v) is 21.2. The number of aromatic nitrogens is 1. The van der Waals surface area contributed by atoms with Gasteiger partial charge in [-0.15, -0.1) is 0 Å². The van der Waals surface area contributed by atoms with Gasteiger partial charge >= 0.3 is 5.97 Å². The molecule has 0 aliphatic heterocycles. The van der Waals surface area contributed by atoms with Crippen LogP contribution in [-0.4, -0.2) is 17.6 Å². The number of hydrogen-bond donors (Lipinski definition) is 1. The van der Waals surface area contributed by atoms with Crippen LogP contribution in [0.2, 0.25) is 0 Å². The fourth-order valence-electron chi connectivity index (χ4n) is 6.35. The quantitative estimate of drug-likeness (QED) is 0.296. The first-order valence-corrected chi connectivity index (χ1v) is 13.3. The molecule has 1 unspecified atom stereocenters. The maximum Gasteiger partial charge on any atom is 0.310 e. The third-order valence-electron chi connectivity index (χ3n) is 8.12. The summed E-state index contributed by atoms with van der Waals surface area (Å²) in [4.78, 5) is 16.5. The van der Waals surface area contributed by atoms with Crippen molar-refractivity contribution < 1.29 is 14.3 Å². The second-order valence-electron chi connectivity index (χ2n) is 10.3. The van der Waals surface area contributed by atoms with Crippen molar-refractivity contribution in [2.45, 2.75) is 57.0 Å². The zero-order valence-electron chi connectivity index (χ0n) is 21.2. The normalized spacial score (nSPS) is 17.7. The maximum atomic E-state index is 12.2. The van der Waals surface area contributed by atoms with Gasteiger partial charge in [0, 0.05) is 17.1 Å². The lowest BCUT2D eigenvalue weighted by atomic mass is 9.80.